The van der Waals surface area contributed by atoms with Crippen LogP contribution in [0.1, 0.15) is 0 Å². The van der Waals surface area contributed by atoms with Gasteiger partial charge in [-0.15, -0.1) is 0 Å². The Morgan fingerprint density at radius 3 is 2.22 bits per heavy atom. The van der Waals surface area contributed by atoms with Crippen LogP contribution in [-0.4, -0.2) is 13.9 Å². The van der Waals surface area contributed by atoms with Gasteiger partial charge in [-0.2, -0.15) is 13.2 Å². The Morgan fingerprint density at radius 2 is 1.89 bits per heavy atom. The summed E-state index contributed by atoms with van der Waals surface area (Å²) in [6, 6.07) is -1.89. The molecular weight excluding hydrogens is 137 g/mol. The highest BCUT2D eigenvalue weighted by molar-refractivity contribution is 4.79. The highest BCUT2D eigenvalue weighted by atomic mass is 19.3. The van der Waals surface area contributed by atoms with Crippen LogP contribution < -0.4 is 0 Å². The SMILES string of the molecule is COCOC(F)=C(F)F. The molecule has 0 rings (SSSR count). The van der Waals surface area contributed by atoms with Crippen LogP contribution in [0.15, 0.2) is 12.1 Å². The van der Waals surface area contributed by atoms with Gasteiger partial charge in [-0.1, -0.05) is 0 Å². The van der Waals surface area contributed by atoms with Crippen LogP contribution in [0.2, 0.25) is 0 Å². The summed E-state index contributed by atoms with van der Waals surface area (Å²) in [5, 5.41) is 0. The maximum absolute atomic E-state index is 11.5. The van der Waals surface area contributed by atoms with Gasteiger partial charge >= 0.3 is 12.1 Å². The number of rotatable bonds is 3. The first kappa shape index (κ1) is 8.29. The number of hydrogen-bond donors (Lipinski definition) is 0. The maximum Gasteiger partial charge on any atom is 0.342 e. The highest BCUT2D eigenvalue weighted by Crippen LogP contribution is 2.09. The fraction of sp³-hybridized carbons (Fsp3) is 0.500. The van der Waals surface area contributed by atoms with Crippen molar-refractivity contribution in [2.45, 2.75) is 0 Å². The lowest BCUT2D eigenvalue weighted by molar-refractivity contribution is -0.0254. The fourth-order valence-electron chi connectivity index (χ4n) is 0.165. The second-order valence-corrected chi connectivity index (χ2v) is 1.08. The maximum atomic E-state index is 11.5. The van der Waals surface area contributed by atoms with Gasteiger partial charge in [0.05, 0.1) is 0 Å². The van der Waals surface area contributed by atoms with Gasteiger partial charge < -0.3 is 9.47 Å². The summed E-state index contributed by atoms with van der Waals surface area (Å²) in [5.74, 6) is 0. The summed E-state index contributed by atoms with van der Waals surface area (Å²) in [5.41, 5.74) is 0. The number of hydrogen-bond acceptors (Lipinski definition) is 2. The van der Waals surface area contributed by atoms with Gasteiger partial charge in [0.2, 0.25) is 0 Å². The van der Waals surface area contributed by atoms with E-state index >= 15 is 0 Å². The fourth-order valence-corrected chi connectivity index (χ4v) is 0.165. The lowest BCUT2D eigenvalue weighted by atomic mass is 11.0. The molecule has 0 aromatic rings. The van der Waals surface area contributed by atoms with Gasteiger partial charge in [-0.3, -0.25) is 0 Å². The van der Waals surface area contributed by atoms with Crippen LogP contribution in [0.5, 0.6) is 0 Å². The van der Waals surface area contributed by atoms with E-state index in [9.17, 15) is 13.2 Å². The Balaban J connectivity index is 3.50. The minimum atomic E-state index is -2.48. The Hall–Kier alpha value is -0.710. The quantitative estimate of drug-likeness (QED) is 0.440. The van der Waals surface area contributed by atoms with Crippen molar-refractivity contribution in [3.8, 4) is 0 Å². The Labute approximate surface area is 49.9 Å². The third kappa shape index (κ3) is 3.84. The first-order valence-corrected chi connectivity index (χ1v) is 2.01. The third-order valence-corrected chi connectivity index (χ3v) is 0.452. The Bertz CT molecular complexity index is 108. The standard InChI is InChI=1S/C4H5F3O2/c1-8-2-9-4(7)3(5)6/h2H2,1H3. The topological polar surface area (TPSA) is 18.5 Å². The minimum absolute atomic E-state index is 0.511. The first-order valence-electron chi connectivity index (χ1n) is 2.01. The molecule has 0 aliphatic carbocycles. The summed E-state index contributed by atoms with van der Waals surface area (Å²) in [6.07, 6.45) is -2.48. The van der Waals surface area contributed by atoms with E-state index in [1.807, 2.05) is 0 Å². The van der Waals surface area contributed by atoms with E-state index in [1.165, 1.54) is 7.11 Å². The molecule has 0 aliphatic rings. The molecule has 0 aromatic heterocycles. The molecule has 0 radical (unpaired) electrons. The van der Waals surface area contributed by atoms with Gasteiger partial charge in [0.25, 0.3) is 0 Å². The van der Waals surface area contributed by atoms with Crippen molar-refractivity contribution in [2.24, 2.45) is 0 Å². The van der Waals surface area contributed by atoms with Crippen molar-refractivity contribution in [3.63, 3.8) is 0 Å². The van der Waals surface area contributed by atoms with Crippen LogP contribution in [0.25, 0.3) is 0 Å². The van der Waals surface area contributed by atoms with E-state index in [2.05, 4.69) is 9.47 Å². The zero-order valence-electron chi connectivity index (χ0n) is 4.66. The second kappa shape index (κ2) is 4.20. The zero-order valence-corrected chi connectivity index (χ0v) is 4.66. The van der Waals surface area contributed by atoms with Crippen LogP contribution in [0.3, 0.4) is 0 Å². The van der Waals surface area contributed by atoms with Crippen molar-refractivity contribution in [1.29, 1.82) is 0 Å². The molecule has 0 unspecified atom stereocenters. The molecule has 0 saturated carbocycles. The molecule has 2 nitrogen and oxygen atoms in total. The Kier molecular flexibility index (Phi) is 3.87. The molecule has 0 atom stereocenters. The minimum Gasteiger partial charge on any atom is -0.440 e. The van der Waals surface area contributed by atoms with Gasteiger partial charge in [-0.05, 0) is 0 Å². The molecule has 0 saturated heterocycles. The smallest absolute Gasteiger partial charge is 0.342 e. The molecule has 0 heterocycles. The average molecular weight is 142 g/mol. The van der Waals surface area contributed by atoms with Crippen molar-refractivity contribution < 1.29 is 22.6 Å². The normalized spacial score (nSPS) is 8.89. The molecule has 9 heavy (non-hydrogen) atoms. The molecule has 54 valence electrons. The summed E-state index contributed by atoms with van der Waals surface area (Å²) in [6.45, 7) is -0.511. The van der Waals surface area contributed by atoms with Crippen LogP contribution >= 0.6 is 0 Å². The van der Waals surface area contributed by atoms with Crippen molar-refractivity contribution >= 4 is 0 Å². The largest absolute Gasteiger partial charge is 0.440 e. The average Bonchev–Trinajstić information content (AvgIpc) is 1.82. The summed E-state index contributed by atoms with van der Waals surface area (Å²) in [4.78, 5) is 0. The van der Waals surface area contributed by atoms with Gasteiger partial charge in [0.15, 0.2) is 6.79 Å². The van der Waals surface area contributed by atoms with E-state index in [4.69, 9.17) is 0 Å². The predicted octanol–water partition coefficient (Wildman–Crippen LogP) is 1.64. The van der Waals surface area contributed by atoms with Crippen LogP contribution in [0, 0.1) is 0 Å². The predicted molar refractivity (Wildman–Crippen MR) is 23.3 cm³/mol. The zero-order chi connectivity index (χ0) is 7.28. The van der Waals surface area contributed by atoms with E-state index < -0.39 is 18.9 Å². The number of ether oxygens (including phenoxy) is 2. The van der Waals surface area contributed by atoms with Gasteiger partial charge in [0.1, 0.15) is 0 Å². The molecule has 0 spiro atoms. The van der Waals surface area contributed by atoms with Crippen molar-refractivity contribution in [1.82, 2.24) is 0 Å². The van der Waals surface area contributed by atoms with Gasteiger partial charge in [-0.25, -0.2) is 0 Å². The summed E-state index contributed by atoms with van der Waals surface area (Å²) < 4.78 is 41.5. The van der Waals surface area contributed by atoms with E-state index in [0.717, 1.165) is 0 Å². The van der Waals surface area contributed by atoms with E-state index in [1.54, 1.807) is 0 Å². The van der Waals surface area contributed by atoms with Crippen LogP contribution in [0.4, 0.5) is 13.2 Å². The number of halogens is 3. The monoisotopic (exact) mass is 142 g/mol. The molecule has 0 amide bonds. The number of methoxy groups -OCH3 is 1. The molecular formula is C4H5F3O2. The Morgan fingerprint density at radius 1 is 1.33 bits per heavy atom. The lowest BCUT2D eigenvalue weighted by Gasteiger charge is -1.97. The molecule has 0 bridgehead atoms. The van der Waals surface area contributed by atoms with E-state index in [0.29, 0.717) is 0 Å². The van der Waals surface area contributed by atoms with Crippen LogP contribution in [-0.2, 0) is 9.47 Å². The first-order chi connectivity index (χ1) is 4.18. The summed E-state index contributed by atoms with van der Waals surface area (Å²) in [7, 11) is 1.20. The molecule has 5 heteroatoms. The molecule has 0 aromatic carbocycles. The lowest BCUT2D eigenvalue weighted by Crippen LogP contribution is -1.93. The molecule has 0 fully saturated rings. The molecule has 0 aliphatic heterocycles. The van der Waals surface area contributed by atoms with Crippen molar-refractivity contribution in [3.05, 3.63) is 12.1 Å². The molecule has 0 N–H and O–H groups in total. The highest BCUT2D eigenvalue weighted by Gasteiger charge is 2.03. The van der Waals surface area contributed by atoms with E-state index in [-0.39, 0.29) is 0 Å². The third-order valence-electron chi connectivity index (χ3n) is 0.452. The van der Waals surface area contributed by atoms with Crippen molar-refractivity contribution in [2.75, 3.05) is 13.9 Å². The summed E-state index contributed by atoms with van der Waals surface area (Å²) >= 11 is 0. The van der Waals surface area contributed by atoms with Gasteiger partial charge in [0, 0.05) is 7.11 Å². The second-order valence-electron chi connectivity index (χ2n) is 1.08.